The SMILES string of the molecule is CCOP(=O)(CO[C@H]1CC[C@@H](n2cc(F)c(N)nc2=O)O1)OCC. The van der Waals surface area contributed by atoms with Crippen molar-refractivity contribution in [3.8, 4) is 0 Å². The Morgan fingerprint density at radius 1 is 1.42 bits per heavy atom. The number of nitrogen functional groups attached to an aromatic ring is 1. The van der Waals surface area contributed by atoms with Crippen LogP contribution in [0.5, 0.6) is 0 Å². The number of ether oxygens (including phenoxy) is 2. The van der Waals surface area contributed by atoms with E-state index < -0.39 is 37.4 Å². The summed E-state index contributed by atoms with van der Waals surface area (Å²) in [5, 5.41) is 0. The van der Waals surface area contributed by atoms with Crippen LogP contribution in [0.2, 0.25) is 0 Å². The number of nitrogens with two attached hydrogens (primary N) is 1. The van der Waals surface area contributed by atoms with Crippen molar-refractivity contribution in [3.05, 3.63) is 22.5 Å². The summed E-state index contributed by atoms with van der Waals surface area (Å²) in [6, 6.07) is 0. The van der Waals surface area contributed by atoms with Crippen molar-refractivity contribution in [3.63, 3.8) is 0 Å². The molecule has 0 radical (unpaired) electrons. The van der Waals surface area contributed by atoms with E-state index in [1.54, 1.807) is 13.8 Å². The molecular formula is C13H21FN3O6P. The molecule has 1 aromatic rings. The molecule has 2 atom stereocenters. The van der Waals surface area contributed by atoms with Gasteiger partial charge in [-0.25, -0.2) is 9.18 Å². The maximum absolute atomic E-state index is 13.5. The van der Waals surface area contributed by atoms with E-state index in [-0.39, 0.29) is 19.6 Å². The molecule has 1 saturated heterocycles. The zero-order valence-electron chi connectivity index (χ0n) is 13.5. The lowest BCUT2D eigenvalue weighted by molar-refractivity contribution is -0.142. The van der Waals surface area contributed by atoms with Gasteiger partial charge in [-0.05, 0) is 20.3 Å². The third kappa shape index (κ3) is 4.61. The van der Waals surface area contributed by atoms with Gasteiger partial charge in [0.05, 0.1) is 19.4 Å². The Morgan fingerprint density at radius 2 is 2.08 bits per heavy atom. The molecule has 136 valence electrons. The molecule has 2 N–H and O–H groups in total. The molecule has 1 fully saturated rings. The average Bonchev–Trinajstić information content (AvgIpc) is 2.98. The van der Waals surface area contributed by atoms with Crippen LogP contribution in [0.15, 0.2) is 11.0 Å². The molecule has 11 heteroatoms. The molecule has 9 nitrogen and oxygen atoms in total. The van der Waals surface area contributed by atoms with Gasteiger partial charge in [0, 0.05) is 6.42 Å². The number of aromatic nitrogens is 2. The second kappa shape index (κ2) is 8.17. The van der Waals surface area contributed by atoms with Crippen molar-refractivity contribution in [1.82, 2.24) is 9.55 Å². The van der Waals surface area contributed by atoms with Crippen LogP contribution >= 0.6 is 7.60 Å². The Balaban J connectivity index is 1.97. The van der Waals surface area contributed by atoms with E-state index in [1.165, 1.54) is 0 Å². The molecule has 24 heavy (non-hydrogen) atoms. The van der Waals surface area contributed by atoms with Crippen LogP contribution in [-0.2, 0) is 23.1 Å². The molecule has 0 unspecified atom stereocenters. The van der Waals surface area contributed by atoms with E-state index in [2.05, 4.69) is 4.98 Å². The first-order chi connectivity index (χ1) is 11.4. The Bertz CT molecular complexity index is 660. The first-order valence-corrected chi connectivity index (χ1v) is 9.30. The predicted octanol–water partition coefficient (Wildman–Crippen LogP) is 1.84. The number of hydrogen-bond donors (Lipinski definition) is 1. The van der Waals surface area contributed by atoms with E-state index in [4.69, 9.17) is 24.3 Å². The highest BCUT2D eigenvalue weighted by molar-refractivity contribution is 7.53. The highest BCUT2D eigenvalue weighted by atomic mass is 31.2. The van der Waals surface area contributed by atoms with Crippen LogP contribution < -0.4 is 11.4 Å². The van der Waals surface area contributed by atoms with E-state index >= 15 is 0 Å². The molecule has 1 aliphatic rings. The highest BCUT2D eigenvalue weighted by Crippen LogP contribution is 2.48. The predicted molar refractivity (Wildman–Crippen MR) is 82.8 cm³/mol. The van der Waals surface area contributed by atoms with Crippen molar-refractivity contribution in [2.75, 3.05) is 25.3 Å². The summed E-state index contributed by atoms with van der Waals surface area (Å²) in [4.78, 5) is 15.2. The van der Waals surface area contributed by atoms with Crippen LogP contribution in [0.3, 0.4) is 0 Å². The van der Waals surface area contributed by atoms with Gasteiger partial charge in [-0.3, -0.25) is 9.13 Å². The Kier molecular flexibility index (Phi) is 6.47. The number of halogens is 1. The standard InChI is InChI=1S/C13H21FN3O6P/c1-3-21-24(19,22-4-2)8-20-11-6-5-10(23-11)17-7-9(14)12(15)16-13(17)18/h7,10-11H,3-6,8H2,1-2H3,(H2,15,16,18)/t10-,11+/m0/s1. The van der Waals surface area contributed by atoms with Gasteiger partial charge in [0.2, 0.25) is 0 Å². The van der Waals surface area contributed by atoms with E-state index in [0.29, 0.717) is 12.8 Å². The number of rotatable bonds is 8. The average molecular weight is 365 g/mol. The lowest BCUT2D eigenvalue weighted by Crippen LogP contribution is -2.29. The summed E-state index contributed by atoms with van der Waals surface area (Å²) >= 11 is 0. The van der Waals surface area contributed by atoms with Crippen molar-refractivity contribution < 1.29 is 27.5 Å². The smallest absolute Gasteiger partial charge is 0.356 e. The largest absolute Gasteiger partial charge is 0.381 e. The summed E-state index contributed by atoms with van der Waals surface area (Å²) in [6.45, 7) is 3.84. The number of nitrogens with zero attached hydrogens (tertiary/aromatic N) is 2. The Labute approximate surface area is 138 Å². The van der Waals surface area contributed by atoms with E-state index in [9.17, 15) is 13.8 Å². The van der Waals surface area contributed by atoms with Gasteiger partial charge in [-0.2, -0.15) is 4.98 Å². The van der Waals surface area contributed by atoms with Gasteiger partial charge in [0.25, 0.3) is 0 Å². The molecular weight excluding hydrogens is 344 g/mol. The molecule has 1 aliphatic heterocycles. The highest BCUT2D eigenvalue weighted by Gasteiger charge is 2.32. The fourth-order valence-corrected chi connectivity index (χ4v) is 3.62. The zero-order chi connectivity index (χ0) is 17.7. The van der Waals surface area contributed by atoms with Crippen molar-refractivity contribution in [2.45, 2.75) is 39.2 Å². The third-order valence-corrected chi connectivity index (χ3v) is 5.04. The van der Waals surface area contributed by atoms with Crippen LogP contribution in [0, 0.1) is 5.82 Å². The molecule has 0 aliphatic carbocycles. The summed E-state index contributed by atoms with van der Waals surface area (Å²) < 4.78 is 48.0. The van der Waals surface area contributed by atoms with Gasteiger partial charge in [-0.15, -0.1) is 0 Å². The topological polar surface area (TPSA) is 115 Å². The summed E-state index contributed by atoms with van der Waals surface area (Å²) in [5.41, 5.74) is 4.53. The normalized spacial score (nSPS) is 21.3. The monoisotopic (exact) mass is 365 g/mol. The van der Waals surface area contributed by atoms with Crippen molar-refractivity contribution in [1.29, 1.82) is 0 Å². The molecule has 0 amide bonds. The molecule has 0 saturated carbocycles. The van der Waals surface area contributed by atoms with Crippen LogP contribution in [0.4, 0.5) is 10.2 Å². The number of anilines is 1. The minimum Gasteiger partial charge on any atom is -0.381 e. The first-order valence-electron chi connectivity index (χ1n) is 7.58. The maximum Gasteiger partial charge on any atom is 0.356 e. The van der Waals surface area contributed by atoms with Crippen LogP contribution in [0.25, 0.3) is 0 Å². The molecule has 0 aromatic carbocycles. The molecule has 2 heterocycles. The lowest BCUT2D eigenvalue weighted by atomic mass is 10.3. The minimum atomic E-state index is -3.35. The molecule has 2 rings (SSSR count). The summed E-state index contributed by atoms with van der Waals surface area (Å²) in [6.07, 6.45) is 0.0727. The quantitative estimate of drug-likeness (QED) is 0.694. The van der Waals surface area contributed by atoms with Gasteiger partial charge in [-0.1, -0.05) is 0 Å². The zero-order valence-corrected chi connectivity index (χ0v) is 14.4. The molecule has 1 aromatic heterocycles. The van der Waals surface area contributed by atoms with Gasteiger partial charge in [0.1, 0.15) is 6.23 Å². The van der Waals surface area contributed by atoms with Gasteiger partial charge >= 0.3 is 13.3 Å². The van der Waals surface area contributed by atoms with E-state index in [0.717, 1.165) is 10.8 Å². The van der Waals surface area contributed by atoms with Crippen LogP contribution in [0.1, 0.15) is 32.9 Å². The fourth-order valence-electron chi connectivity index (χ4n) is 2.26. The van der Waals surface area contributed by atoms with Crippen molar-refractivity contribution in [2.24, 2.45) is 0 Å². The van der Waals surface area contributed by atoms with Gasteiger partial charge < -0.3 is 24.3 Å². The van der Waals surface area contributed by atoms with Gasteiger partial charge in [0.15, 0.2) is 24.3 Å². The lowest BCUT2D eigenvalue weighted by Gasteiger charge is -2.20. The number of hydrogen-bond acceptors (Lipinski definition) is 8. The maximum atomic E-state index is 13.5. The summed E-state index contributed by atoms with van der Waals surface area (Å²) in [5.74, 6) is -1.27. The third-order valence-electron chi connectivity index (χ3n) is 3.27. The second-order valence-electron chi connectivity index (χ2n) is 5.00. The second-order valence-corrected chi connectivity index (χ2v) is 7.00. The Morgan fingerprint density at radius 3 is 2.71 bits per heavy atom. The minimum absolute atomic E-state index is 0.223. The molecule has 0 bridgehead atoms. The van der Waals surface area contributed by atoms with Crippen LogP contribution in [-0.4, -0.2) is 35.4 Å². The summed E-state index contributed by atoms with van der Waals surface area (Å²) in [7, 11) is -3.35. The first kappa shape index (κ1) is 19.0. The van der Waals surface area contributed by atoms with Crippen molar-refractivity contribution >= 4 is 13.4 Å². The molecule has 0 spiro atoms. The van der Waals surface area contributed by atoms with E-state index in [1.807, 2.05) is 0 Å². The Hall–Kier alpha value is -1.32. The fraction of sp³-hybridized carbons (Fsp3) is 0.692.